The Labute approximate surface area is 94.0 Å². The molecule has 0 radical (unpaired) electrons. The first kappa shape index (κ1) is 14.4. The van der Waals surface area contributed by atoms with Gasteiger partial charge in [0.1, 0.15) is 0 Å². The van der Waals surface area contributed by atoms with Crippen LogP contribution in [0.2, 0.25) is 0 Å². The average molecular weight is 214 g/mol. The van der Waals surface area contributed by atoms with E-state index in [0.717, 1.165) is 0 Å². The fraction of sp³-hybridized carbons (Fsp3) is 0.917. The molecule has 0 aromatic heterocycles. The summed E-state index contributed by atoms with van der Waals surface area (Å²) >= 11 is 0. The minimum atomic E-state index is -0.428. The molecule has 0 fully saturated rings. The molecule has 1 amide bonds. The lowest BCUT2D eigenvalue weighted by atomic mass is 9.86. The van der Waals surface area contributed by atoms with E-state index >= 15 is 0 Å². The van der Waals surface area contributed by atoms with Crippen LogP contribution in [0.1, 0.15) is 48.5 Å². The lowest BCUT2D eigenvalue weighted by Crippen LogP contribution is -2.54. The molecule has 0 saturated carbocycles. The molecule has 0 spiro atoms. The topological polar surface area (TPSA) is 46.3 Å². The molecule has 2 N–H and O–H groups in total. The summed E-state index contributed by atoms with van der Waals surface area (Å²) in [6, 6.07) is -0.0286. The molecule has 15 heavy (non-hydrogen) atoms. The molecule has 3 nitrogen and oxygen atoms in total. The molecule has 0 heterocycles. The SMILES string of the molecule is CC(C)N(C(=O)[C@@H](N)C(C)(C)C)C(C)C. The second kappa shape index (κ2) is 4.97. The molecule has 90 valence electrons. The van der Waals surface area contributed by atoms with Crippen LogP contribution in [-0.2, 0) is 4.79 Å². The van der Waals surface area contributed by atoms with E-state index < -0.39 is 6.04 Å². The highest BCUT2D eigenvalue weighted by Crippen LogP contribution is 2.20. The summed E-state index contributed by atoms with van der Waals surface area (Å²) in [6.45, 7) is 14.1. The molecule has 0 bridgehead atoms. The van der Waals surface area contributed by atoms with E-state index in [1.165, 1.54) is 0 Å². The molecule has 0 aliphatic rings. The summed E-state index contributed by atoms with van der Waals surface area (Å²) in [5.41, 5.74) is 5.80. The van der Waals surface area contributed by atoms with E-state index in [1.807, 2.05) is 53.4 Å². The van der Waals surface area contributed by atoms with Crippen molar-refractivity contribution in [2.24, 2.45) is 11.1 Å². The van der Waals surface area contributed by atoms with Gasteiger partial charge in [-0.1, -0.05) is 20.8 Å². The van der Waals surface area contributed by atoms with Gasteiger partial charge in [-0.2, -0.15) is 0 Å². The molecule has 0 saturated heterocycles. The molecule has 0 aliphatic carbocycles. The molecular weight excluding hydrogens is 188 g/mol. The van der Waals surface area contributed by atoms with Gasteiger partial charge in [0.15, 0.2) is 0 Å². The van der Waals surface area contributed by atoms with Gasteiger partial charge in [-0.3, -0.25) is 4.79 Å². The number of rotatable bonds is 3. The predicted octanol–water partition coefficient (Wildman–Crippen LogP) is 2.01. The van der Waals surface area contributed by atoms with Crippen molar-refractivity contribution in [3.63, 3.8) is 0 Å². The maximum atomic E-state index is 12.2. The Kier molecular flexibility index (Phi) is 4.78. The van der Waals surface area contributed by atoms with Gasteiger partial charge in [0.05, 0.1) is 6.04 Å². The van der Waals surface area contributed by atoms with E-state index in [4.69, 9.17) is 5.73 Å². The monoisotopic (exact) mass is 214 g/mol. The number of hydrogen-bond acceptors (Lipinski definition) is 2. The zero-order valence-corrected chi connectivity index (χ0v) is 11.2. The molecule has 0 aromatic carbocycles. The van der Waals surface area contributed by atoms with Crippen molar-refractivity contribution in [3.05, 3.63) is 0 Å². The van der Waals surface area contributed by atoms with Crippen molar-refractivity contribution in [2.75, 3.05) is 0 Å². The molecule has 3 heteroatoms. The largest absolute Gasteiger partial charge is 0.336 e. The van der Waals surface area contributed by atoms with Gasteiger partial charge in [0, 0.05) is 12.1 Å². The average Bonchev–Trinajstić information content (AvgIpc) is 1.99. The Bertz CT molecular complexity index is 208. The van der Waals surface area contributed by atoms with Crippen LogP contribution in [0, 0.1) is 5.41 Å². The van der Waals surface area contributed by atoms with Crippen molar-refractivity contribution in [3.8, 4) is 0 Å². The Morgan fingerprint density at radius 3 is 1.60 bits per heavy atom. The van der Waals surface area contributed by atoms with E-state index in [9.17, 15) is 4.79 Å². The van der Waals surface area contributed by atoms with E-state index in [2.05, 4.69) is 0 Å². The first-order valence-corrected chi connectivity index (χ1v) is 5.66. The highest BCUT2D eigenvalue weighted by Gasteiger charge is 2.33. The third-order valence-electron chi connectivity index (χ3n) is 2.57. The normalized spacial score (nSPS) is 14.5. The third-order valence-corrected chi connectivity index (χ3v) is 2.57. The summed E-state index contributed by atoms with van der Waals surface area (Å²) in [6.07, 6.45) is 0. The lowest BCUT2D eigenvalue weighted by molar-refractivity contribution is -0.138. The molecular formula is C12H26N2O. The lowest BCUT2D eigenvalue weighted by Gasteiger charge is -2.36. The van der Waals surface area contributed by atoms with Crippen LogP contribution >= 0.6 is 0 Å². The molecule has 0 rings (SSSR count). The van der Waals surface area contributed by atoms with Crippen LogP contribution in [0.25, 0.3) is 0 Å². The van der Waals surface area contributed by atoms with E-state index in [0.29, 0.717) is 0 Å². The molecule has 1 atom stereocenters. The zero-order chi connectivity index (χ0) is 12.4. The van der Waals surface area contributed by atoms with Crippen molar-refractivity contribution in [1.82, 2.24) is 4.90 Å². The van der Waals surface area contributed by atoms with Crippen molar-refractivity contribution < 1.29 is 4.79 Å². The van der Waals surface area contributed by atoms with Crippen LogP contribution in [0.3, 0.4) is 0 Å². The summed E-state index contributed by atoms with van der Waals surface area (Å²) in [7, 11) is 0. The molecule has 0 aromatic rings. The molecule has 0 unspecified atom stereocenters. The maximum Gasteiger partial charge on any atom is 0.240 e. The summed E-state index contributed by atoms with van der Waals surface area (Å²) in [4.78, 5) is 14.0. The highest BCUT2D eigenvalue weighted by molar-refractivity contribution is 5.83. The summed E-state index contributed by atoms with van der Waals surface area (Å²) in [5, 5.41) is 0. The van der Waals surface area contributed by atoms with E-state index in [1.54, 1.807) is 0 Å². The van der Waals surface area contributed by atoms with Gasteiger partial charge in [-0.25, -0.2) is 0 Å². The first-order valence-electron chi connectivity index (χ1n) is 5.66. The predicted molar refractivity (Wildman–Crippen MR) is 64.5 cm³/mol. The Balaban J connectivity index is 4.81. The van der Waals surface area contributed by atoms with Crippen LogP contribution in [0.4, 0.5) is 0 Å². The van der Waals surface area contributed by atoms with Crippen LogP contribution in [0.15, 0.2) is 0 Å². The minimum absolute atomic E-state index is 0.0486. The van der Waals surface area contributed by atoms with E-state index in [-0.39, 0.29) is 23.4 Å². The Hall–Kier alpha value is -0.570. The van der Waals surface area contributed by atoms with Gasteiger partial charge < -0.3 is 10.6 Å². The number of amides is 1. The van der Waals surface area contributed by atoms with Crippen LogP contribution in [-0.4, -0.2) is 28.9 Å². The van der Waals surface area contributed by atoms with Gasteiger partial charge in [-0.15, -0.1) is 0 Å². The second-order valence-corrected chi connectivity index (χ2v) is 5.78. The number of hydrogen-bond donors (Lipinski definition) is 1. The second-order valence-electron chi connectivity index (χ2n) is 5.78. The number of carbonyl (C=O) groups is 1. The fourth-order valence-electron chi connectivity index (χ4n) is 1.64. The Morgan fingerprint density at radius 1 is 1.07 bits per heavy atom. The zero-order valence-electron chi connectivity index (χ0n) is 11.2. The summed E-state index contributed by atoms with van der Waals surface area (Å²) < 4.78 is 0. The quantitative estimate of drug-likeness (QED) is 0.781. The number of nitrogens with zero attached hydrogens (tertiary/aromatic N) is 1. The highest BCUT2D eigenvalue weighted by atomic mass is 16.2. The smallest absolute Gasteiger partial charge is 0.240 e. The minimum Gasteiger partial charge on any atom is -0.336 e. The van der Waals surface area contributed by atoms with Gasteiger partial charge in [0.25, 0.3) is 0 Å². The fourth-order valence-corrected chi connectivity index (χ4v) is 1.64. The van der Waals surface area contributed by atoms with Crippen molar-refractivity contribution >= 4 is 5.91 Å². The van der Waals surface area contributed by atoms with Gasteiger partial charge in [-0.05, 0) is 33.1 Å². The van der Waals surface area contributed by atoms with Gasteiger partial charge in [0.2, 0.25) is 5.91 Å². The van der Waals surface area contributed by atoms with Gasteiger partial charge >= 0.3 is 0 Å². The van der Waals surface area contributed by atoms with Crippen LogP contribution in [0.5, 0.6) is 0 Å². The van der Waals surface area contributed by atoms with Crippen molar-refractivity contribution in [2.45, 2.75) is 66.6 Å². The van der Waals surface area contributed by atoms with Crippen LogP contribution < -0.4 is 5.73 Å². The maximum absolute atomic E-state index is 12.2. The first-order chi connectivity index (χ1) is 6.59. The summed E-state index contributed by atoms with van der Waals surface area (Å²) in [5.74, 6) is 0.0486. The number of carbonyl (C=O) groups excluding carboxylic acids is 1. The molecule has 0 aliphatic heterocycles. The third kappa shape index (κ3) is 3.82. The number of nitrogens with two attached hydrogens (primary N) is 1. The Morgan fingerprint density at radius 2 is 1.40 bits per heavy atom. The van der Waals surface area contributed by atoms with Crippen molar-refractivity contribution in [1.29, 1.82) is 0 Å². The standard InChI is InChI=1S/C12H26N2O/c1-8(2)14(9(3)4)11(15)10(13)12(5,6)7/h8-10H,13H2,1-7H3/t10-/m1/s1.